The number of rotatable bonds is 6. The summed E-state index contributed by atoms with van der Waals surface area (Å²) in [5.74, 6) is 0.183. The van der Waals surface area contributed by atoms with Gasteiger partial charge in [-0.05, 0) is 50.2 Å². The Bertz CT molecular complexity index is 1110. The minimum Gasteiger partial charge on any atom is -0.490 e. The molecule has 29 heavy (non-hydrogen) atoms. The lowest BCUT2D eigenvalue weighted by Crippen LogP contribution is -2.15. The zero-order chi connectivity index (χ0) is 21.0. The second-order valence-electron chi connectivity index (χ2n) is 6.41. The van der Waals surface area contributed by atoms with Gasteiger partial charge in [0.25, 0.3) is 5.91 Å². The number of primary amides is 1. The molecule has 0 saturated carbocycles. The maximum absolute atomic E-state index is 11.8. The first-order valence-electron chi connectivity index (χ1n) is 8.75. The number of hydrogen-bond donors (Lipinski definition) is 2. The van der Waals surface area contributed by atoms with E-state index >= 15 is 0 Å². The Hall–Kier alpha value is -3.63. The van der Waals surface area contributed by atoms with Crippen molar-refractivity contribution in [3.8, 4) is 17.0 Å². The molecule has 3 aromatic rings. The highest BCUT2D eigenvalue weighted by molar-refractivity contribution is 6.33. The summed E-state index contributed by atoms with van der Waals surface area (Å²) in [6, 6.07) is 11.9. The average Bonchev–Trinajstić information content (AvgIpc) is 2.69. The van der Waals surface area contributed by atoms with Crippen LogP contribution < -0.4 is 15.8 Å². The lowest BCUT2D eigenvalue weighted by atomic mass is 10.1. The fraction of sp³-hybridized carbons (Fsp3) is 0.143. The number of carbonyl (C=O) groups is 1. The summed E-state index contributed by atoms with van der Waals surface area (Å²) >= 11 is 5.97. The number of nitrogens with one attached hydrogen (secondary N) is 1. The van der Waals surface area contributed by atoms with Crippen molar-refractivity contribution in [2.24, 2.45) is 5.73 Å². The van der Waals surface area contributed by atoms with Crippen molar-refractivity contribution < 1.29 is 9.53 Å². The third kappa shape index (κ3) is 4.81. The van der Waals surface area contributed by atoms with Crippen molar-refractivity contribution in [1.82, 2.24) is 9.97 Å². The van der Waals surface area contributed by atoms with E-state index in [9.17, 15) is 4.79 Å². The number of ether oxygens (including phenoxy) is 1. The zero-order valence-electron chi connectivity index (χ0n) is 15.8. The molecule has 0 saturated heterocycles. The van der Waals surface area contributed by atoms with Crippen LogP contribution in [0.15, 0.2) is 48.7 Å². The number of halogens is 1. The van der Waals surface area contributed by atoms with Crippen LogP contribution in [0.4, 0.5) is 17.3 Å². The number of aromatic nitrogens is 2. The Balaban J connectivity index is 1.92. The molecule has 0 bridgehead atoms. The summed E-state index contributed by atoms with van der Waals surface area (Å²) in [4.78, 5) is 23.9. The van der Waals surface area contributed by atoms with E-state index in [4.69, 9.17) is 28.6 Å². The number of carbonyl (C=O) groups excluding carboxylic acids is 1. The second-order valence-corrected chi connectivity index (χ2v) is 6.82. The highest BCUT2D eigenvalue weighted by atomic mass is 35.5. The third-order valence-corrected chi connectivity index (χ3v) is 4.20. The number of benzene rings is 2. The Morgan fingerprint density at radius 3 is 2.72 bits per heavy atom. The van der Waals surface area contributed by atoms with Crippen molar-refractivity contribution in [3.63, 3.8) is 0 Å². The summed E-state index contributed by atoms with van der Waals surface area (Å²) in [7, 11) is 0. The fourth-order valence-corrected chi connectivity index (χ4v) is 2.78. The van der Waals surface area contributed by atoms with E-state index < -0.39 is 5.91 Å². The van der Waals surface area contributed by atoms with Gasteiger partial charge < -0.3 is 15.8 Å². The lowest BCUT2D eigenvalue weighted by molar-refractivity contribution is 0.0994. The first-order valence-corrected chi connectivity index (χ1v) is 9.13. The molecule has 0 unspecified atom stereocenters. The van der Waals surface area contributed by atoms with Gasteiger partial charge in [-0.2, -0.15) is 0 Å². The first-order chi connectivity index (χ1) is 13.9. The molecule has 146 valence electrons. The van der Waals surface area contributed by atoms with Crippen LogP contribution in [0.2, 0.25) is 5.02 Å². The van der Waals surface area contributed by atoms with E-state index in [-0.39, 0.29) is 11.7 Å². The van der Waals surface area contributed by atoms with Crippen molar-refractivity contribution in [2.75, 3.05) is 5.32 Å². The van der Waals surface area contributed by atoms with Gasteiger partial charge in [-0.15, -0.1) is 0 Å². The third-order valence-electron chi connectivity index (χ3n) is 3.88. The summed E-state index contributed by atoms with van der Waals surface area (Å²) in [6.45, 7) is 10.9. The molecule has 7 nitrogen and oxygen atoms in total. The smallest absolute Gasteiger partial charge is 0.252 e. The van der Waals surface area contributed by atoms with Gasteiger partial charge in [-0.1, -0.05) is 17.7 Å². The average molecular weight is 408 g/mol. The van der Waals surface area contributed by atoms with E-state index in [1.165, 1.54) is 0 Å². The number of amides is 1. The van der Waals surface area contributed by atoms with E-state index in [0.29, 0.717) is 39.4 Å². The van der Waals surface area contributed by atoms with Crippen LogP contribution in [-0.4, -0.2) is 22.0 Å². The fourth-order valence-electron chi connectivity index (χ4n) is 2.62. The zero-order valence-corrected chi connectivity index (χ0v) is 16.6. The molecule has 3 rings (SSSR count). The molecule has 2 aromatic carbocycles. The highest BCUT2D eigenvalue weighted by Crippen LogP contribution is 2.30. The molecule has 0 fully saturated rings. The van der Waals surface area contributed by atoms with Crippen LogP contribution in [0.5, 0.6) is 5.75 Å². The van der Waals surface area contributed by atoms with E-state index in [0.717, 1.165) is 0 Å². The van der Waals surface area contributed by atoms with Crippen LogP contribution in [0.1, 0.15) is 24.2 Å². The molecule has 1 amide bonds. The molecular weight excluding hydrogens is 390 g/mol. The van der Waals surface area contributed by atoms with E-state index in [1.807, 2.05) is 13.8 Å². The summed E-state index contributed by atoms with van der Waals surface area (Å²) in [5, 5.41) is 3.43. The monoisotopic (exact) mass is 407 g/mol. The molecule has 0 aliphatic heterocycles. The van der Waals surface area contributed by atoms with Crippen LogP contribution >= 0.6 is 11.6 Å². The SMILES string of the molecule is [C-]#[N+]c1cc(Nc2nccc(-c3ccc(OC(C)C)c(C(N)=O)c3)n2)ccc1Cl. The second kappa shape index (κ2) is 8.59. The van der Waals surface area contributed by atoms with Gasteiger partial charge in [-0.25, -0.2) is 14.8 Å². The van der Waals surface area contributed by atoms with E-state index in [1.54, 1.807) is 48.7 Å². The van der Waals surface area contributed by atoms with Crippen LogP contribution in [0, 0.1) is 6.57 Å². The minimum absolute atomic E-state index is 0.0893. The number of nitrogens with two attached hydrogens (primary N) is 1. The Labute approximate surface area is 173 Å². The Morgan fingerprint density at radius 2 is 2.03 bits per heavy atom. The quantitative estimate of drug-likeness (QED) is 0.562. The van der Waals surface area contributed by atoms with Gasteiger partial charge >= 0.3 is 0 Å². The van der Waals surface area contributed by atoms with Gasteiger partial charge in [0.2, 0.25) is 11.6 Å². The Morgan fingerprint density at radius 1 is 1.24 bits per heavy atom. The molecule has 1 aromatic heterocycles. The van der Waals surface area contributed by atoms with Gasteiger partial charge in [0.1, 0.15) is 5.75 Å². The molecule has 1 heterocycles. The molecule has 3 N–H and O–H groups in total. The minimum atomic E-state index is -0.581. The predicted octanol–water partition coefficient (Wildman–Crippen LogP) is 4.98. The summed E-state index contributed by atoms with van der Waals surface area (Å²) in [5.41, 5.74) is 8.05. The van der Waals surface area contributed by atoms with Gasteiger partial charge in [0, 0.05) is 22.5 Å². The Kier molecular flexibility index (Phi) is 5.96. The van der Waals surface area contributed by atoms with Crippen LogP contribution in [0.3, 0.4) is 0 Å². The lowest BCUT2D eigenvalue weighted by Gasteiger charge is -2.14. The number of hydrogen-bond acceptors (Lipinski definition) is 5. The van der Waals surface area contributed by atoms with Crippen molar-refractivity contribution in [1.29, 1.82) is 0 Å². The predicted molar refractivity (Wildman–Crippen MR) is 113 cm³/mol. The van der Waals surface area contributed by atoms with Crippen molar-refractivity contribution in [2.45, 2.75) is 20.0 Å². The van der Waals surface area contributed by atoms with E-state index in [2.05, 4.69) is 20.1 Å². The molecule has 0 aliphatic carbocycles. The van der Waals surface area contributed by atoms with Crippen LogP contribution in [-0.2, 0) is 0 Å². The maximum Gasteiger partial charge on any atom is 0.252 e. The first kappa shape index (κ1) is 20.1. The van der Waals surface area contributed by atoms with Gasteiger partial charge in [0.05, 0.1) is 23.9 Å². The molecular formula is C21H18ClN5O2. The number of nitrogens with zero attached hydrogens (tertiary/aromatic N) is 3. The molecule has 0 atom stereocenters. The van der Waals surface area contributed by atoms with Gasteiger partial charge in [-0.3, -0.25) is 4.79 Å². The van der Waals surface area contributed by atoms with Gasteiger partial charge in [0.15, 0.2) is 0 Å². The number of anilines is 2. The topological polar surface area (TPSA) is 94.5 Å². The van der Waals surface area contributed by atoms with Crippen molar-refractivity contribution >= 4 is 34.8 Å². The highest BCUT2D eigenvalue weighted by Gasteiger charge is 2.14. The standard InChI is InChI=1S/C21H18ClN5O2/c1-12(2)29-19-7-4-13(10-15(19)20(23)28)17-8-9-25-21(27-17)26-14-5-6-16(22)18(11-14)24-3/h4-12H,1-2H3,(H2,23,28)(H,25,26,27). The maximum atomic E-state index is 11.8. The summed E-state index contributed by atoms with van der Waals surface area (Å²) < 4.78 is 5.65. The van der Waals surface area contributed by atoms with Crippen molar-refractivity contribution in [3.05, 3.63) is 70.7 Å². The molecule has 0 aliphatic rings. The normalized spacial score (nSPS) is 10.4. The molecule has 0 spiro atoms. The largest absolute Gasteiger partial charge is 0.490 e. The van der Waals surface area contributed by atoms with Crippen LogP contribution in [0.25, 0.3) is 16.1 Å². The summed E-state index contributed by atoms with van der Waals surface area (Å²) in [6.07, 6.45) is 1.51. The molecule has 8 heteroatoms. The molecule has 0 radical (unpaired) electrons.